The highest BCUT2D eigenvalue weighted by atomic mass is 32.2. The van der Waals surface area contributed by atoms with E-state index >= 15 is 0 Å². The van der Waals surface area contributed by atoms with Crippen LogP contribution in [0.3, 0.4) is 0 Å². The zero-order valence-corrected chi connectivity index (χ0v) is 29.2. The Hall–Kier alpha value is -4.71. The molecule has 254 valence electrons. The number of thioether (sulfide) groups is 1. The number of amides is 2. The monoisotopic (exact) mass is 673 g/mol. The number of imidazole rings is 1. The second-order valence-corrected chi connectivity index (χ2v) is 13.1. The van der Waals surface area contributed by atoms with Gasteiger partial charge in [-0.05, 0) is 84.4 Å². The fourth-order valence-electron chi connectivity index (χ4n) is 6.13. The first kappa shape index (κ1) is 34.6. The molecule has 1 aromatic heterocycles. The molecule has 0 saturated heterocycles. The number of aryl methyl sites for hydroxylation is 1. The Morgan fingerprint density at radius 1 is 1.04 bits per heavy atom. The van der Waals surface area contributed by atoms with E-state index in [0.717, 1.165) is 28.0 Å². The van der Waals surface area contributed by atoms with Crippen molar-refractivity contribution in [3.05, 3.63) is 69.6 Å². The van der Waals surface area contributed by atoms with E-state index in [1.165, 1.54) is 6.92 Å². The fourth-order valence-corrected chi connectivity index (χ4v) is 6.60. The van der Waals surface area contributed by atoms with Gasteiger partial charge in [0.1, 0.15) is 11.9 Å². The third-order valence-electron chi connectivity index (χ3n) is 8.49. The zero-order chi connectivity index (χ0) is 34.5. The van der Waals surface area contributed by atoms with Crippen LogP contribution >= 0.6 is 11.8 Å². The number of aromatic amines is 1. The molecule has 48 heavy (non-hydrogen) atoms. The van der Waals surface area contributed by atoms with Crippen molar-refractivity contribution in [1.29, 1.82) is 0 Å². The van der Waals surface area contributed by atoms with Crippen LogP contribution in [0.5, 0.6) is 17.2 Å². The summed E-state index contributed by atoms with van der Waals surface area (Å²) in [6.07, 6.45) is 3.59. The van der Waals surface area contributed by atoms with Crippen LogP contribution in [0.2, 0.25) is 0 Å². The van der Waals surface area contributed by atoms with Gasteiger partial charge in [0.25, 0.3) is 0 Å². The van der Waals surface area contributed by atoms with E-state index < -0.39 is 12.1 Å². The molecule has 2 atom stereocenters. The van der Waals surface area contributed by atoms with E-state index in [9.17, 15) is 14.4 Å². The van der Waals surface area contributed by atoms with E-state index in [4.69, 9.17) is 14.2 Å². The Kier molecular flexibility index (Phi) is 10.8. The summed E-state index contributed by atoms with van der Waals surface area (Å²) in [5.74, 6) is 2.77. The van der Waals surface area contributed by atoms with Crippen molar-refractivity contribution >= 4 is 46.0 Å². The molecule has 0 fully saturated rings. The highest BCUT2D eigenvalue weighted by Crippen LogP contribution is 2.50. The van der Waals surface area contributed by atoms with E-state index in [1.807, 2.05) is 36.6 Å². The molecule has 1 aliphatic rings. The molecule has 1 aliphatic carbocycles. The third-order valence-corrected chi connectivity index (χ3v) is 9.13. The lowest BCUT2D eigenvalue weighted by Crippen LogP contribution is -2.36. The van der Waals surface area contributed by atoms with E-state index in [1.54, 1.807) is 45.2 Å². The van der Waals surface area contributed by atoms with Gasteiger partial charge in [0, 0.05) is 24.1 Å². The number of hydrogen-bond donors (Lipinski definition) is 4. The van der Waals surface area contributed by atoms with Crippen LogP contribution in [0.25, 0.3) is 22.2 Å². The minimum absolute atomic E-state index is 0.209. The molecule has 12 heteroatoms. The molecule has 0 spiro atoms. The zero-order valence-electron chi connectivity index (χ0n) is 28.4. The number of H-pyrrole nitrogens is 1. The number of nitrogens with zero attached hydrogens (tertiary/aromatic N) is 1. The number of nitrogens with one attached hydrogen (secondary N) is 4. The van der Waals surface area contributed by atoms with Gasteiger partial charge in [0.15, 0.2) is 11.5 Å². The minimum atomic E-state index is -0.701. The van der Waals surface area contributed by atoms with E-state index in [2.05, 4.69) is 39.8 Å². The van der Waals surface area contributed by atoms with Gasteiger partial charge in [-0.1, -0.05) is 19.9 Å². The molecule has 3 aromatic carbocycles. The molecular weight excluding hydrogens is 630 g/mol. The smallest absolute Gasteiger partial charge is 0.246 e. The number of hydrogen-bond acceptors (Lipinski definition) is 9. The number of ether oxygens (including phenoxy) is 3. The van der Waals surface area contributed by atoms with Crippen LogP contribution in [0.1, 0.15) is 62.5 Å². The summed E-state index contributed by atoms with van der Waals surface area (Å²) in [6.45, 7) is 5.59. The number of anilines is 2. The topological polar surface area (TPSA) is 144 Å². The van der Waals surface area contributed by atoms with Gasteiger partial charge in [0.05, 0.1) is 44.1 Å². The van der Waals surface area contributed by atoms with Crippen LogP contribution in [-0.2, 0) is 16.0 Å². The SMILES string of the molecule is COc1cc2c(c(OC)c1OC)-c1ccc(NC(CCSC)C(=O)Nc3ccc4nc(C(C)C)[nH]c4c3)c(=O)cc1C(NC(C)=O)CC2. The Labute approximate surface area is 284 Å². The van der Waals surface area contributed by atoms with Gasteiger partial charge in [-0.3, -0.25) is 14.4 Å². The molecule has 0 bridgehead atoms. The number of rotatable bonds is 12. The maximum atomic E-state index is 13.9. The molecule has 0 radical (unpaired) electrons. The van der Waals surface area contributed by atoms with Gasteiger partial charge in [-0.2, -0.15) is 11.8 Å². The predicted molar refractivity (Wildman–Crippen MR) is 192 cm³/mol. The average Bonchev–Trinajstić information content (AvgIpc) is 3.36. The second-order valence-electron chi connectivity index (χ2n) is 12.1. The number of carbonyl (C=O) groups is 2. The molecule has 2 amide bonds. The summed E-state index contributed by atoms with van der Waals surface area (Å²) in [6, 6.07) is 11.4. The molecule has 4 N–H and O–H groups in total. The van der Waals surface area contributed by atoms with E-state index in [0.29, 0.717) is 59.1 Å². The molecule has 4 aromatic rings. The molecule has 2 unspecified atom stereocenters. The molecule has 5 rings (SSSR count). The average molecular weight is 674 g/mol. The van der Waals surface area contributed by atoms with Crippen LogP contribution in [0.4, 0.5) is 11.4 Å². The molecule has 0 saturated carbocycles. The summed E-state index contributed by atoms with van der Waals surface area (Å²) >= 11 is 1.62. The lowest BCUT2D eigenvalue weighted by molar-refractivity contribution is -0.120. The lowest BCUT2D eigenvalue weighted by atomic mass is 9.95. The molecule has 0 aliphatic heterocycles. The maximum absolute atomic E-state index is 13.9. The Morgan fingerprint density at radius 3 is 2.48 bits per heavy atom. The van der Waals surface area contributed by atoms with Gasteiger partial charge < -0.3 is 35.1 Å². The minimum Gasteiger partial charge on any atom is -0.493 e. The normalized spacial score (nSPS) is 14.4. The molecule has 11 nitrogen and oxygen atoms in total. The Bertz CT molecular complexity index is 1890. The van der Waals surface area contributed by atoms with Crippen molar-refractivity contribution in [3.63, 3.8) is 0 Å². The van der Waals surface area contributed by atoms with Gasteiger partial charge >= 0.3 is 0 Å². The predicted octanol–water partition coefficient (Wildman–Crippen LogP) is 6.04. The first-order chi connectivity index (χ1) is 23.1. The number of methoxy groups -OCH3 is 3. The van der Waals surface area contributed by atoms with Crippen molar-refractivity contribution in [3.8, 4) is 28.4 Å². The van der Waals surface area contributed by atoms with Crippen LogP contribution in [0.15, 0.2) is 47.3 Å². The van der Waals surface area contributed by atoms with Crippen molar-refractivity contribution in [2.75, 3.05) is 44.0 Å². The summed E-state index contributed by atoms with van der Waals surface area (Å²) in [5.41, 5.74) is 5.28. The number of carbonyl (C=O) groups excluding carboxylic acids is 2. The number of fused-ring (bicyclic) bond motifs is 4. The van der Waals surface area contributed by atoms with Crippen LogP contribution in [-0.4, -0.2) is 61.2 Å². The molecule has 1 heterocycles. The third kappa shape index (κ3) is 7.23. The summed E-state index contributed by atoms with van der Waals surface area (Å²) in [7, 11) is 4.67. The van der Waals surface area contributed by atoms with Gasteiger partial charge in [-0.15, -0.1) is 0 Å². The van der Waals surface area contributed by atoms with Crippen LogP contribution in [0, 0.1) is 0 Å². The number of aromatic nitrogens is 2. The van der Waals surface area contributed by atoms with Crippen molar-refractivity contribution in [1.82, 2.24) is 15.3 Å². The highest BCUT2D eigenvalue weighted by Gasteiger charge is 2.30. The van der Waals surface area contributed by atoms with Crippen molar-refractivity contribution in [2.45, 2.75) is 58.0 Å². The van der Waals surface area contributed by atoms with Crippen LogP contribution < -0.4 is 35.6 Å². The summed E-state index contributed by atoms with van der Waals surface area (Å²) < 4.78 is 17.2. The first-order valence-electron chi connectivity index (χ1n) is 15.9. The summed E-state index contributed by atoms with van der Waals surface area (Å²) in [4.78, 5) is 47.9. The second kappa shape index (κ2) is 15.0. The van der Waals surface area contributed by atoms with Crippen molar-refractivity contribution in [2.24, 2.45) is 0 Å². The van der Waals surface area contributed by atoms with E-state index in [-0.39, 0.29) is 28.8 Å². The number of benzene rings is 2. The van der Waals surface area contributed by atoms with Crippen molar-refractivity contribution < 1.29 is 23.8 Å². The fraction of sp³-hybridized carbons (Fsp3) is 0.389. The first-order valence-corrected chi connectivity index (χ1v) is 17.3. The highest BCUT2D eigenvalue weighted by molar-refractivity contribution is 7.98. The standard InChI is InChI=1S/C36H43N5O6S/c1-19(2)35-40-26-12-9-22(17-29(26)41-35)38-36(44)28(14-15-48-7)39-27-13-10-23-24(18-30(27)43)25(37-20(3)42)11-8-21-16-31(45-4)33(46-5)34(47-6)32(21)23/h9-10,12-13,16-19,25,28H,8,11,14-15H2,1-7H3,(H,37,42)(H,38,44)(H,39,43)(H,40,41). The summed E-state index contributed by atoms with van der Waals surface area (Å²) in [5, 5.41) is 9.29. The quantitative estimate of drug-likeness (QED) is 0.142. The molecular formula is C36H43N5O6S. The Morgan fingerprint density at radius 2 is 1.81 bits per heavy atom. The lowest BCUT2D eigenvalue weighted by Gasteiger charge is -2.19. The van der Waals surface area contributed by atoms with Gasteiger partial charge in [0.2, 0.25) is 23.0 Å². The largest absolute Gasteiger partial charge is 0.493 e. The Balaban J connectivity index is 1.55. The maximum Gasteiger partial charge on any atom is 0.246 e. The van der Waals surface area contributed by atoms with Gasteiger partial charge in [-0.25, -0.2) is 4.98 Å².